The van der Waals surface area contributed by atoms with E-state index < -0.39 is 0 Å². The second kappa shape index (κ2) is 5.73. The number of thiocarbonyl (C=S) groups is 1. The molecule has 1 aliphatic carbocycles. The Hall–Kier alpha value is -0.720. The molecular formula is C13H22N4OS. The number of nitrogens with one attached hydrogen (secondary N) is 2. The number of piperazine rings is 1. The van der Waals surface area contributed by atoms with Crippen LogP contribution in [0.2, 0.25) is 0 Å². The Labute approximate surface area is 119 Å². The van der Waals surface area contributed by atoms with Gasteiger partial charge in [0.2, 0.25) is 0 Å². The van der Waals surface area contributed by atoms with Crippen LogP contribution in [0.1, 0.15) is 19.3 Å². The molecule has 0 spiro atoms. The van der Waals surface area contributed by atoms with E-state index in [1.807, 2.05) is 4.90 Å². The number of amides is 2. The Bertz CT molecular complexity index is 370. The van der Waals surface area contributed by atoms with Crippen LogP contribution in [0.3, 0.4) is 0 Å². The Morgan fingerprint density at radius 3 is 2.79 bits per heavy atom. The summed E-state index contributed by atoms with van der Waals surface area (Å²) in [6, 6.07) is 0.368. The maximum Gasteiger partial charge on any atom is 0.322 e. The number of nitrogens with zero attached hydrogens (tertiary/aromatic N) is 2. The summed E-state index contributed by atoms with van der Waals surface area (Å²) in [6.45, 7) is 6.09. The van der Waals surface area contributed by atoms with Crippen molar-refractivity contribution in [3.8, 4) is 0 Å². The highest BCUT2D eigenvalue weighted by atomic mass is 32.1. The summed E-state index contributed by atoms with van der Waals surface area (Å²) in [5.74, 6) is 0.399. The van der Waals surface area contributed by atoms with E-state index in [1.54, 1.807) is 0 Å². The van der Waals surface area contributed by atoms with Crippen LogP contribution in [0.4, 0.5) is 4.79 Å². The number of urea groups is 1. The van der Waals surface area contributed by atoms with E-state index in [0.717, 1.165) is 57.1 Å². The Morgan fingerprint density at radius 2 is 2.00 bits per heavy atom. The molecule has 2 atom stereocenters. The Kier molecular flexibility index (Phi) is 4.00. The fourth-order valence-electron chi connectivity index (χ4n) is 3.49. The molecule has 19 heavy (non-hydrogen) atoms. The van der Waals surface area contributed by atoms with Gasteiger partial charge in [0.25, 0.3) is 0 Å². The second-order valence-corrected chi connectivity index (χ2v) is 6.12. The quantitative estimate of drug-likeness (QED) is 0.736. The maximum absolute atomic E-state index is 12.1. The first kappa shape index (κ1) is 13.3. The van der Waals surface area contributed by atoms with Crippen LogP contribution in [0.25, 0.3) is 0 Å². The molecule has 2 saturated heterocycles. The highest BCUT2D eigenvalue weighted by Gasteiger charge is 2.41. The lowest BCUT2D eigenvalue weighted by Gasteiger charge is -2.39. The van der Waals surface area contributed by atoms with Gasteiger partial charge in [-0.2, -0.15) is 0 Å². The van der Waals surface area contributed by atoms with Crippen molar-refractivity contribution in [3.63, 3.8) is 0 Å². The SMILES string of the molecule is O=C1NC(=S)C2CCCC2N1CCN1CCNCC1. The van der Waals surface area contributed by atoms with Crippen molar-refractivity contribution in [1.82, 2.24) is 20.4 Å². The molecule has 2 unspecified atom stereocenters. The summed E-state index contributed by atoms with van der Waals surface area (Å²) >= 11 is 5.31. The van der Waals surface area contributed by atoms with Gasteiger partial charge in [-0.15, -0.1) is 0 Å². The van der Waals surface area contributed by atoms with Crippen LogP contribution in [0.15, 0.2) is 0 Å². The number of rotatable bonds is 3. The third kappa shape index (κ3) is 2.75. The lowest BCUT2D eigenvalue weighted by atomic mass is 10.00. The normalized spacial score (nSPS) is 32.3. The lowest BCUT2D eigenvalue weighted by Crippen LogP contribution is -2.59. The lowest BCUT2D eigenvalue weighted by molar-refractivity contribution is 0.143. The van der Waals surface area contributed by atoms with Gasteiger partial charge in [0.1, 0.15) is 0 Å². The van der Waals surface area contributed by atoms with Gasteiger partial charge in [0, 0.05) is 51.2 Å². The standard InChI is InChI=1S/C13H22N4OS/c18-13-15-12(19)10-2-1-3-11(10)17(13)9-8-16-6-4-14-5-7-16/h10-11,14H,1-9H2,(H,15,18,19). The van der Waals surface area contributed by atoms with Crippen LogP contribution in [-0.2, 0) is 0 Å². The first-order chi connectivity index (χ1) is 9.25. The summed E-state index contributed by atoms with van der Waals surface area (Å²) in [5, 5.41) is 6.23. The zero-order valence-corrected chi connectivity index (χ0v) is 12.0. The molecule has 3 aliphatic rings. The third-order valence-corrected chi connectivity index (χ3v) is 4.98. The zero-order valence-electron chi connectivity index (χ0n) is 11.2. The molecule has 0 bridgehead atoms. The van der Waals surface area contributed by atoms with Gasteiger partial charge in [-0.1, -0.05) is 18.6 Å². The second-order valence-electron chi connectivity index (χ2n) is 5.68. The molecule has 6 heteroatoms. The molecule has 0 aromatic rings. The monoisotopic (exact) mass is 282 g/mol. The highest BCUT2D eigenvalue weighted by molar-refractivity contribution is 7.80. The first-order valence-corrected chi connectivity index (χ1v) is 7.71. The van der Waals surface area contributed by atoms with Crippen LogP contribution < -0.4 is 10.6 Å². The predicted molar refractivity (Wildman–Crippen MR) is 78.3 cm³/mol. The van der Waals surface area contributed by atoms with E-state index in [-0.39, 0.29) is 6.03 Å². The first-order valence-electron chi connectivity index (χ1n) is 7.30. The van der Waals surface area contributed by atoms with Crippen molar-refractivity contribution < 1.29 is 4.79 Å². The molecule has 2 amide bonds. The van der Waals surface area contributed by atoms with E-state index in [0.29, 0.717) is 12.0 Å². The third-order valence-electron chi connectivity index (χ3n) is 4.57. The number of carbonyl (C=O) groups excluding carboxylic acids is 1. The Balaban J connectivity index is 1.59. The molecule has 106 valence electrons. The fraction of sp³-hybridized carbons (Fsp3) is 0.846. The minimum Gasteiger partial charge on any atom is -0.320 e. The summed E-state index contributed by atoms with van der Waals surface area (Å²) in [7, 11) is 0. The van der Waals surface area contributed by atoms with Crippen LogP contribution in [-0.4, -0.2) is 66.1 Å². The molecular weight excluding hydrogens is 260 g/mol. The molecule has 5 nitrogen and oxygen atoms in total. The smallest absolute Gasteiger partial charge is 0.320 e. The van der Waals surface area contributed by atoms with Gasteiger partial charge >= 0.3 is 6.03 Å². The molecule has 1 saturated carbocycles. The average Bonchev–Trinajstić information content (AvgIpc) is 2.89. The predicted octanol–water partition coefficient (Wildman–Crippen LogP) is 0.413. The van der Waals surface area contributed by atoms with E-state index in [4.69, 9.17) is 12.2 Å². The number of carbonyl (C=O) groups is 1. The van der Waals surface area contributed by atoms with Gasteiger partial charge in [-0.25, -0.2) is 4.79 Å². The summed E-state index contributed by atoms with van der Waals surface area (Å²) < 4.78 is 0. The van der Waals surface area contributed by atoms with Crippen molar-refractivity contribution in [3.05, 3.63) is 0 Å². The van der Waals surface area contributed by atoms with Gasteiger partial charge in [0.15, 0.2) is 0 Å². The molecule has 3 fully saturated rings. The van der Waals surface area contributed by atoms with Crippen molar-refractivity contribution in [1.29, 1.82) is 0 Å². The van der Waals surface area contributed by atoms with E-state index in [1.165, 1.54) is 6.42 Å². The van der Waals surface area contributed by atoms with Gasteiger partial charge in [-0.05, 0) is 12.8 Å². The molecule has 0 aromatic heterocycles. The number of hydrogen-bond donors (Lipinski definition) is 2. The minimum atomic E-state index is 0.0169. The topological polar surface area (TPSA) is 47.6 Å². The average molecular weight is 282 g/mol. The van der Waals surface area contributed by atoms with Gasteiger partial charge in [-0.3, -0.25) is 4.90 Å². The van der Waals surface area contributed by atoms with Gasteiger partial charge in [0.05, 0.1) is 4.99 Å². The van der Waals surface area contributed by atoms with Crippen molar-refractivity contribution in [2.75, 3.05) is 39.3 Å². The van der Waals surface area contributed by atoms with E-state index in [9.17, 15) is 4.79 Å². The molecule has 2 aliphatic heterocycles. The minimum absolute atomic E-state index is 0.0169. The van der Waals surface area contributed by atoms with Crippen LogP contribution >= 0.6 is 12.2 Å². The molecule has 0 radical (unpaired) electrons. The Morgan fingerprint density at radius 1 is 1.21 bits per heavy atom. The van der Waals surface area contributed by atoms with Crippen LogP contribution in [0.5, 0.6) is 0 Å². The van der Waals surface area contributed by atoms with Crippen molar-refractivity contribution in [2.24, 2.45) is 5.92 Å². The van der Waals surface area contributed by atoms with E-state index >= 15 is 0 Å². The highest BCUT2D eigenvalue weighted by Crippen LogP contribution is 2.33. The molecule has 0 aromatic carbocycles. The summed E-state index contributed by atoms with van der Waals surface area (Å²) in [5.41, 5.74) is 0. The van der Waals surface area contributed by atoms with Crippen molar-refractivity contribution >= 4 is 23.2 Å². The summed E-state index contributed by atoms with van der Waals surface area (Å²) in [6.07, 6.45) is 3.43. The fourth-order valence-corrected chi connectivity index (χ4v) is 3.85. The zero-order chi connectivity index (χ0) is 13.2. The van der Waals surface area contributed by atoms with Crippen molar-refractivity contribution in [2.45, 2.75) is 25.3 Å². The molecule has 2 heterocycles. The maximum atomic E-state index is 12.1. The summed E-state index contributed by atoms with van der Waals surface area (Å²) in [4.78, 5) is 17.3. The number of fused-ring (bicyclic) bond motifs is 1. The molecule has 2 N–H and O–H groups in total. The van der Waals surface area contributed by atoms with Crippen LogP contribution in [0, 0.1) is 5.92 Å². The van der Waals surface area contributed by atoms with E-state index in [2.05, 4.69) is 15.5 Å². The molecule has 3 rings (SSSR count). The largest absolute Gasteiger partial charge is 0.322 e. The van der Waals surface area contributed by atoms with Gasteiger partial charge < -0.3 is 15.5 Å². The number of hydrogen-bond acceptors (Lipinski definition) is 4.